The third-order valence-electron chi connectivity index (χ3n) is 5.71. The van der Waals surface area contributed by atoms with E-state index in [1.807, 2.05) is 25.3 Å². The highest BCUT2D eigenvalue weighted by Gasteiger charge is 2.25. The van der Waals surface area contributed by atoms with Gasteiger partial charge < -0.3 is 9.88 Å². The number of nitrogens with zero attached hydrogens (tertiary/aromatic N) is 3. The molecule has 1 aromatic carbocycles. The van der Waals surface area contributed by atoms with Gasteiger partial charge >= 0.3 is 0 Å². The van der Waals surface area contributed by atoms with Crippen LogP contribution in [0.3, 0.4) is 0 Å². The molecule has 0 radical (unpaired) electrons. The molecule has 7 nitrogen and oxygen atoms in total. The lowest BCUT2D eigenvalue weighted by Gasteiger charge is -2.24. The number of carbonyl (C=O) groups excluding carboxylic acids is 1. The lowest BCUT2D eigenvalue weighted by atomic mass is 10.1. The summed E-state index contributed by atoms with van der Waals surface area (Å²) >= 11 is 0. The Balaban J connectivity index is 1.62. The fourth-order valence-corrected chi connectivity index (χ4v) is 5.41. The molecule has 32 heavy (non-hydrogen) atoms. The van der Waals surface area contributed by atoms with E-state index in [4.69, 9.17) is 0 Å². The summed E-state index contributed by atoms with van der Waals surface area (Å²) in [5.41, 5.74) is 1.13. The van der Waals surface area contributed by atoms with Gasteiger partial charge in [0.25, 0.3) is 0 Å². The molecule has 1 amide bonds. The van der Waals surface area contributed by atoms with Gasteiger partial charge in [-0.05, 0) is 63.8 Å². The second-order valence-corrected chi connectivity index (χ2v) is 11.2. The Bertz CT molecular complexity index is 1080. The Labute approximate surface area is 191 Å². The maximum atomic E-state index is 12.9. The Morgan fingerprint density at radius 3 is 2.28 bits per heavy atom. The molecule has 0 saturated carbocycles. The first-order valence-corrected chi connectivity index (χ1v) is 12.6. The van der Waals surface area contributed by atoms with Crippen LogP contribution in [0.25, 0.3) is 0 Å². The molecule has 0 aliphatic carbocycles. The minimum Gasteiger partial charge on any atom is -0.328 e. The van der Waals surface area contributed by atoms with Gasteiger partial charge in [0.1, 0.15) is 11.9 Å². The lowest BCUT2D eigenvalue weighted by molar-refractivity contribution is -0.116. The predicted molar refractivity (Wildman–Crippen MR) is 125 cm³/mol. The topological polar surface area (TPSA) is 95.2 Å². The number of sulfonamides is 1. The first-order chi connectivity index (χ1) is 15.1. The highest BCUT2D eigenvalue weighted by Crippen LogP contribution is 2.24. The van der Waals surface area contributed by atoms with Crippen LogP contribution in [-0.4, -0.2) is 36.3 Å². The third-order valence-corrected chi connectivity index (χ3v) is 7.62. The maximum absolute atomic E-state index is 12.9. The van der Waals surface area contributed by atoms with E-state index in [2.05, 4.69) is 11.4 Å². The van der Waals surface area contributed by atoms with Gasteiger partial charge in [-0.2, -0.15) is 9.57 Å². The summed E-state index contributed by atoms with van der Waals surface area (Å²) in [7, 11) is -3.47. The van der Waals surface area contributed by atoms with Crippen LogP contribution >= 0.6 is 0 Å². The molecule has 2 aromatic rings. The molecule has 0 bridgehead atoms. The second-order valence-electron chi connectivity index (χ2n) is 9.28. The average molecular weight is 457 g/mol. The summed E-state index contributed by atoms with van der Waals surface area (Å²) in [6.45, 7) is 7.17. The SMILES string of the molecule is CC(C)(C)n1cc(C#N)cc1NC(=O)CCc1ccc(S(=O)(=O)N2CCCCCC2)cc1. The number of hydrogen-bond donors (Lipinski definition) is 1. The first-order valence-electron chi connectivity index (χ1n) is 11.1. The Kier molecular flexibility index (Phi) is 7.42. The Morgan fingerprint density at radius 2 is 1.72 bits per heavy atom. The summed E-state index contributed by atoms with van der Waals surface area (Å²) in [4.78, 5) is 12.8. The predicted octanol–water partition coefficient (Wildman–Crippen LogP) is 4.25. The highest BCUT2D eigenvalue weighted by molar-refractivity contribution is 7.89. The molecule has 8 heteroatoms. The summed E-state index contributed by atoms with van der Waals surface area (Å²) in [5, 5.41) is 12.1. The summed E-state index contributed by atoms with van der Waals surface area (Å²) in [6.07, 6.45) is 6.45. The monoisotopic (exact) mass is 456 g/mol. The summed E-state index contributed by atoms with van der Waals surface area (Å²) < 4.78 is 29.3. The van der Waals surface area contributed by atoms with E-state index in [1.165, 1.54) is 0 Å². The zero-order valence-electron chi connectivity index (χ0n) is 19.1. The fraction of sp³-hybridized carbons (Fsp3) is 0.500. The molecule has 1 fully saturated rings. The van der Waals surface area contributed by atoms with Crippen LogP contribution in [-0.2, 0) is 26.8 Å². The van der Waals surface area contributed by atoms with Gasteiger partial charge in [0.15, 0.2) is 0 Å². The molecule has 2 heterocycles. The molecule has 1 aliphatic rings. The van der Waals surface area contributed by atoms with Gasteiger partial charge in [-0.1, -0.05) is 25.0 Å². The smallest absolute Gasteiger partial charge is 0.243 e. The van der Waals surface area contributed by atoms with Crippen molar-refractivity contribution < 1.29 is 13.2 Å². The van der Waals surface area contributed by atoms with Gasteiger partial charge in [0, 0.05) is 31.2 Å². The third kappa shape index (κ3) is 5.78. The van der Waals surface area contributed by atoms with Crippen molar-refractivity contribution in [3.05, 3.63) is 47.7 Å². The fourth-order valence-electron chi connectivity index (χ4n) is 3.90. The number of rotatable bonds is 6. The van der Waals surface area contributed by atoms with Crippen LogP contribution in [0.2, 0.25) is 0 Å². The zero-order chi connectivity index (χ0) is 23.4. The molecular formula is C24H32N4O3S. The van der Waals surface area contributed by atoms with Crippen LogP contribution < -0.4 is 5.32 Å². The maximum Gasteiger partial charge on any atom is 0.243 e. The number of carbonyl (C=O) groups is 1. The number of nitriles is 1. The van der Waals surface area contributed by atoms with Gasteiger partial charge in [-0.25, -0.2) is 8.42 Å². The summed E-state index contributed by atoms with van der Waals surface area (Å²) in [5.74, 6) is 0.442. The minimum absolute atomic E-state index is 0.153. The van der Waals surface area contributed by atoms with Crippen LogP contribution in [0.4, 0.5) is 5.82 Å². The molecule has 0 atom stereocenters. The number of hydrogen-bond acceptors (Lipinski definition) is 4. The van der Waals surface area contributed by atoms with E-state index >= 15 is 0 Å². The van der Waals surface area contributed by atoms with E-state index in [1.54, 1.807) is 40.8 Å². The van der Waals surface area contributed by atoms with Gasteiger partial charge in [-0.15, -0.1) is 0 Å². The van der Waals surface area contributed by atoms with Crippen molar-refractivity contribution in [1.29, 1.82) is 5.26 Å². The molecule has 3 rings (SSSR count). The van der Waals surface area contributed by atoms with Crippen molar-refractivity contribution in [2.75, 3.05) is 18.4 Å². The van der Waals surface area contributed by atoms with Crippen LogP contribution in [0.1, 0.15) is 64.0 Å². The number of benzene rings is 1. The standard InChI is InChI=1S/C24H32N4O3S/c1-24(2,3)28-18-20(17-25)16-22(28)26-23(29)13-10-19-8-11-21(12-9-19)32(30,31)27-14-6-4-5-7-15-27/h8-9,11-12,16,18H,4-7,10,13-15H2,1-3H3,(H,26,29). The number of nitrogens with one attached hydrogen (secondary N) is 1. The number of aryl methyl sites for hydroxylation is 1. The van der Waals surface area contributed by atoms with E-state index in [9.17, 15) is 18.5 Å². The van der Waals surface area contributed by atoms with Gasteiger partial charge in [-0.3, -0.25) is 4.79 Å². The first kappa shape index (κ1) is 24.0. The second kappa shape index (κ2) is 9.88. The van der Waals surface area contributed by atoms with Crippen molar-refractivity contribution in [3.8, 4) is 6.07 Å². The summed E-state index contributed by atoms with van der Waals surface area (Å²) in [6, 6.07) is 10.6. The minimum atomic E-state index is -3.47. The molecule has 1 aromatic heterocycles. The molecular weight excluding hydrogens is 424 g/mol. The Morgan fingerprint density at radius 1 is 1.09 bits per heavy atom. The van der Waals surface area contributed by atoms with E-state index < -0.39 is 10.0 Å². The largest absolute Gasteiger partial charge is 0.328 e. The van der Waals surface area contributed by atoms with Crippen molar-refractivity contribution in [2.24, 2.45) is 0 Å². The van der Waals surface area contributed by atoms with Crippen LogP contribution in [0, 0.1) is 11.3 Å². The normalized spacial score (nSPS) is 15.7. The van der Waals surface area contributed by atoms with Crippen LogP contribution in [0.5, 0.6) is 0 Å². The van der Waals surface area contributed by atoms with Crippen molar-refractivity contribution in [1.82, 2.24) is 8.87 Å². The van der Waals surface area contributed by atoms with E-state index in [0.717, 1.165) is 31.2 Å². The zero-order valence-corrected chi connectivity index (χ0v) is 19.9. The molecule has 1 aliphatic heterocycles. The quantitative estimate of drug-likeness (QED) is 0.703. The molecule has 0 spiro atoms. The molecule has 1 N–H and O–H groups in total. The molecule has 0 unspecified atom stereocenters. The molecule has 1 saturated heterocycles. The van der Waals surface area contributed by atoms with Crippen molar-refractivity contribution in [3.63, 3.8) is 0 Å². The highest BCUT2D eigenvalue weighted by atomic mass is 32.2. The van der Waals surface area contributed by atoms with E-state index in [-0.39, 0.29) is 17.9 Å². The van der Waals surface area contributed by atoms with Gasteiger partial charge in [0.05, 0.1) is 10.5 Å². The number of aromatic nitrogens is 1. The lowest BCUT2D eigenvalue weighted by Crippen LogP contribution is -2.31. The molecule has 172 valence electrons. The van der Waals surface area contributed by atoms with Gasteiger partial charge in [0.2, 0.25) is 15.9 Å². The van der Waals surface area contributed by atoms with Crippen LogP contribution in [0.15, 0.2) is 41.4 Å². The number of amides is 1. The average Bonchev–Trinajstić information content (AvgIpc) is 2.96. The Hall–Kier alpha value is -2.63. The van der Waals surface area contributed by atoms with Crippen molar-refractivity contribution >= 4 is 21.7 Å². The van der Waals surface area contributed by atoms with Crippen molar-refractivity contribution in [2.45, 2.75) is 69.7 Å². The van der Waals surface area contributed by atoms with E-state index in [0.29, 0.717) is 35.8 Å². The number of anilines is 1.